The number of nitrogens with zero attached hydrogens (tertiary/aromatic N) is 2. The molecule has 0 amide bonds. The first-order valence-corrected chi connectivity index (χ1v) is 7.75. The van der Waals surface area contributed by atoms with Gasteiger partial charge in [-0.05, 0) is 37.7 Å². The molecule has 5 nitrogen and oxygen atoms in total. The molecule has 1 fully saturated rings. The van der Waals surface area contributed by atoms with Crippen molar-refractivity contribution in [3.05, 3.63) is 17.5 Å². The van der Waals surface area contributed by atoms with E-state index in [1.165, 1.54) is 6.26 Å². The van der Waals surface area contributed by atoms with Crippen molar-refractivity contribution >= 4 is 10.0 Å². The van der Waals surface area contributed by atoms with Crippen molar-refractivity contribution < 1.29 is 8.42 Å². The van der Waals surface area contributed by atoms with Crippen LogP contribution in [-0.4, -0.2) is 42.3 Å². The van der Waals surface area contributed by atoms with Gasteiger partial charge in [0.1, 0.15) is 0 Å². The van der Waals surface area contributed by atoms with Crippen molar-refractivity contribution in [1.29, 1.82) is 0 Å². The number of piperidine rings is 1. The molecule has 0 aromatic carbocycles. The van der Waals surface area contributed by atoms with Crippen LogP contribution in [0.25, 0.3) is 0 Å². The summed E-state index contributed by atoms with van der Waals surface area (Å²) in [5, 5.41) is 6.99. The Morgan fingerprint density at radius 2 is 2.35 bits per heavy atom. The van der Waals surface area contributed by atoms with Crippen LogP contribution in [0.4, 0.5) is 0 Å². The van der Waals surface area contributed by atoms with Crippen molar-refractivity contribution in [2.45, 2.75) is 26.2 Å². The quantitative estimate of drug-likeness (QED) is 0.876. The number of rotatable bonds is 3. The number of hydrogen-bond acceptors (Lipinski definition) is 3. The minimum absolute atomic E-state index is 0.401. The fourth-order valence-electron chi connectivity index (χ4n) is 2.36. The molecule has 0 radical (unpaired) electrons. The number of sulfonamides is 1. The highest BCUT2D eigenvalue weighted by Crippen LogP contribution is 2.22. The smallest absolute Gasteiger partial charge is 0.211 e. The van der Waals surface area contributed by atoms with Gasteiger partial charge in [0.25, 0.3) is 0 Å². The minimum atomic E-state index is -3.04. The predicted molar refractivity (Wildman–Crippen MR) is 66.2 cm³/mol. The first-order chi connectivity index (χ1) is 7.97. The molecule has 1 atom stereocenters. The number of nitrogens with one attached hydrogen (secondary N) is 1. The maximum absolute atomic E-state index is 11.5. The first kappa shape index (κ1) is 12.6. The summed E-state index contributed by atoms with van der Waals surface area (Å²) in [7, 11) is -3.04. The second-order valence-corrected chi connectivity index (χ2v) is 6.85. The van der Waals surface area contributed by atoms with Crippen molar-refractivity contribution in [3.8, 4) is 0 Å². The van der Waals surface area contributed by atoms with Crippen LogP contribution in [0.5, 0.6) is 0 Å². The van der Waals surface area contributed by atoms with E-state index in [0.717, 1.165) is 30.5 Å². The van der Waals surface area contributed by atoms with Gasteiger partial charge < -0.3 is 0 Å². The molecule has 1 aromatic heterocycles. The Hall–Kier alpha value is -0.880. The van der Waals surface area contributed by atoms with Crippen LogP contribution >= 0.6 is 0 Å². The van der Waals surface area contributed by atoms with Gasteiger partial charge in [0.05, 0.1) is 12.5 Å². The summed E-state index contributed by atoms with van der Waals surface area (Å²) in [4.78, 5) is 0. The Morgan fingerprint density at radius 3 is 2.94 bits per heavy atom. The molecule has 0 bridgehead atoms. The Bertz CT molecular complexity index is 481. The molecule has 1 aromatic rings. The largest absolute Gasteiger partial charge is 0.282 e. The molecule has 0 spiro atoms. The summed E-state index contributed by atoms with van der Waals surface area (Å²) in [6, 6.07) is 0. The van der Waals surface area contributed by atoms with Gasteiger partial charge in [-0.1, -0.05) is 0 Å². The third-order valence-electron chi connectivity index (χ3n) is 3.38. The van der Waals surface area contributed by atoms with E-state index in [-0.39, 0.29) is 0 Å². The van der Waals surface area contributed by atoms with E-state index in [0.29, 0.717) is 19.0 Å². The monoisotopic (exact) mass is 257 g/mol. The minimum Gasteiger partial charge on any atom is -0.282 e. The molecule has 96 valence electrons. The highest BCUT2D eigenvalue weighted by molar-refractivity contribution is 7.88. The zero-order valence-electron chi connectivity index (χ0n) is 10.3. The van der Waals surface area contributed by atoms with E-state index < -0.39 is 10.0 Å². The summed E-state index contributed by atoms with van der Waals surface area (Å²) in [6.45, 7) is 3.32. The van der Waals surface area contributed by atoms with E-state index in [2.05, 4.69) is 10.2 Å². The van der Waals surface area contributed by atoms with Crippen LogP contribution in [-0.2, 0) is 16.4 Å². The second kappa shape index (κ2) is 4.78. The molecule has 0 aliphatic carbocycles. The number of aromatic nitrogens is 2. The lowest BCUT2D eigenvalue weighted by Crippen LogP contribution is -2.39. The Labute approximate surface area is 102 Å². The van der Waals surface area contributed by atoms with Crippen LogP contribution in [0.3, 0.4) is 0 Å². The topological polar surface area (TPSA) is 66.1 Å². The van der Waals surface area contributed by atoms with Crippen LogP contribution in [0.1, 0.15) is 24.1 Å². The highest BCUT2D eigenvalue weighted by atomic mass is 32.2. The normalized spacial score (nSPS) is 22.8. The van der Waals surface area contributed by atoms with E-state index in [1.54, 1.807) is 4.31 Å². The molecule has 1 aliphatic heterocycles. The van der Waals surface area contributed by atoms with Gasteiger partial charge in [-0.2, -0.15) is 5.10 Å². The van der Waals surface area contributed by atoms with Crippen LogP contribution in [0.15, 0.2) is 6.20 Å². The SMILES string of the molecule is Cc1cn[nH]c1CC1CCCN(S(C)(=O)=O)C1. The standard InChI is InChI=1S/C11H19N3O2S/c1-9-7-12-13-11(9)6-10-4-3-5-14(8-10)17(2,15)16/h7,10H,3-6,8H2,1-2H3,(H,12,13). The number of hydrogen-bond donors (Lipinski definition) is 1. The fourth-order valence-corrected chi connectivity index (χ4v) is 3.31. The third kappa shape index (κ3) is 3.07. The summed E-state index contributed by atoms with van der Waals surface area (Å²) < 4.78 is 24.6. The zero-order valence-corrected chi connectivity index (χ0v) is 11.1. The summed E-state index contributed by atoms with van der Waals surface area (Å²) in [5.41, 5.74) is 2.28. The number of aryl methyl sites for hydroxylation is 1. The Morgan fingerprint density at radius 1 is 1.59 bits per heavy atom. The molecule has 6 heteroatoms. The van der Waals surface area contributed by atoms with E-state index >= 15 is 0 Å². The molecular weight excluding hydrogens is 238 g/mol. The zero-order chi connectivity index (χ0) is 12.5. The summed E-state index contributed by atoms with van der Waals surface area (Å²) >= 11 is 0. The van der Waals surface area contributed by atoms with Gasteiger partial charge >= 0.3 is 0 Å². The molecule has 1 saturated heterocycles. The van der Waals surface area contributed by atoms with Gasteiger partial charge in [0.15, 0.2) is 0 Å². The molecule has 2 heterocycles. The van der Waals surface area contributed by atoms with Crippen LogP contribution in [0, 0.1) is 12.8 Å². The van der Waals surface area contributed by atoms with Gasteiger partial charge in [0.2, 0.25) is 10.0 Å². The highest BCUT2D eigenvalue weighted by Gasteiger charge is 2.26. The third-order valence-corrected chi connectivity index (χ3v) is 4.65. The van der Waals surface area contributed by atoms with Crippen molar-refractivity contribution in [2.75, 3.05) is 19.3 Å². The lowest BCUT2D eigenvalue weighted by molar-refractivity contribution is 0.265. The summed E-state index contributed by atoms with van der Waals surface area (Å²) in [6.07, 6.45) is 6.02. The molecule has 2 rings (SSSR count). The maximum Gasteiger partial charge on any atom is 0.211 e. The number of H-pyrrole nitrogens is 1. The average Bonchev–Trinajstić information content (AvgIpc) is 2.64. The molecule has 17 heavy (non-hydrogen) atoms. The van der Waals surface area contributed by atoms with Gasteiger partial charge in [0, 0.05) is 18.8 Å². The van der Waals surface area contributed by atoms with Gasteiger partial charge in [-0.15, -0.1) is 0 Å². The Kier molecular flexibility index (Phi) is 3.53. The van der Waals surface area contributed by atoms with Crippen molar-refractivity contribution in [1.82, 2.24) is 14.5 Å². The fraction of sp³-hybridized carbons (Fsp3) is 0.727. The Balaban J connectivity index is 2.01. The van der Waals surface area contributed by atoms with Gasteiger partial charge in [-0.3, -0.25) is 5.10 Å². The van der Waals surface area contributed by atoms with Gasteiger partial charge in [-0.25, -0.2) is 12.7 Å². The lowest BCUT2D eigenvalue weighted by Gasteiger charge is -2.30. The van der Waals surface area contributed by atoms with Crippen LogP contribution < -0.4 is 0 Å². The first-order valence-electron chi connectivity index (χ1n) is 5.91. The predicted octanol–water partition coefficient (Wildman–Crippen LogP) is 0.932. The van der Waals surface area contributed by atoms with Crippen molar-refractivity contribution in [2.24, 2.45) is 5.92 Å². The maximum atomic E-state index is 11.5. The summed E-state index contributed by atoms with van der Waals surface area (Å²) in [5.74, 6) is 0.401. The second-order valence-electron chi connectivity index (χ2n) is 4.86. The van der Waals surface area contributed by atoms with E-state index in [4.69, 9.17) is 0 Å². The van der Waals surface area contributed by atoms with E-state index in [9.17, 15) is 8.42 Å². The average molecular weight is 257 g/mol. The van der Waals surface area contributed by atoms with E-state index in [1.807, 2.05) is 13.1 Å². The molecule has 1 unspecified atom stereocenters. The molecule has 0 saturated carbocycles. The van der Waals surface area contributed by atoms with Crippen LogP contribution in [0.2, 0.25) is 0 Å². The number of aromatic amines is 1. The molecule has 1 aliphatic rings. The molecule has 1 N–H and O–H groups in total. The van der Waals surface area contributed by atoms with Crippen molar-refractivity contribution in [3.63, 3.8) is 0 Å². The lowest BCUT2D eigenvalue weighted by atomic mass is 9.94. The molecular formula is C11H19N3O2S.